The normalized spacial score (nSPS) is 22.5. The van der Waals surface area contributed by atoms with Crippen LogP contribution < -0.4 is 9.64 Å². The summed E-state index contributed by atoms with van der Waals surface area (Å²) < 4.78 is 10.6. The molecule has 2 bridgehead atoms. The van der Waals surface area contributed by atoms with Gasteiger partial charge in [-0.25, -0.2) is 9.78 Å². The van der Waals surface area contributed by atoms with Crippen molar-refractivity contribution >= 4 is 40.2 Å². The number of methoxy groups -OCH3 is 1. The molecular weight excluding hydrogens is 532 g/mol. The van der Waals surface area contributed by atoms with E-state index in [1.165, 1.54) is 4.90 Å². The number of imide groups is 1. The summed E-state index contributed by atoms with van der Waals surface area (Å²) in [7, 11) is 1.54. The molecule has 0 spiro atoms. The van der Waals surface area contributed by atoms with Crippen molar-refractivity contribution in [2.75, 3.05) is 18.6 Å². The van der Waals surface area contributed by atoms with E-state index in [2.05, 4.69) is 0 Å². The number of hydrogen-bond donors (Lipinski definition) is 0. The van der Waals surface area contributed by atoms with Crippen molar-refractivity contribution in [3.63, 3.8) is 0 Å². The van der Waals surface area contributed by atoms with Gasteiger partial charge in [-0.3, -0.25) is 19.3 Å². The largest absolute Gasteiger partial charge is 0.497 e. The summed E-state index contributed by atoms with van der Waals surface area (Å²) in [5, 5.41) is 0.606. The number of aromatic nitrogens is 1. The van der Waals surface area contributed by atoms with Crippen molar-refractivity contribution in [2.45, 2.75) is 19.3 Å². The number of carbonyl (C=O) groups is 4. The molecule has 3 aromatic carbocycles. The second kappa shape index (κ2) is 10.2. The summed E-state index contributed by atoms with van der Waals surface area (Å²) in [5.41, 5.74) is 3.10. The summed E-state index contributed by atoms with van der Waals surface area (Å²) in [5.74, 6) is -0.205. The molecule has 2 amide bonds. The number of ether oxygens (including phenoxy) is 2. The number of carbonyl (C=O) groups excluding carboxylic acids is 4. The summed E-state index contributed by atoms with van der Waals surface area (Å²) in [4.78, 5) is 58.5. The summed E-state index contributed by atoms with van der Waals surface area (Å²) in [6, 6.07) is 22.6. The first-order valence-electron chi connectivity index (χ1n) is 14.2. The second-order valence-electron chi connectivity index (χ2n) is 11.2. The van der Waals surface area contributed by atoms with Crippen LogP contribution in [0.4, 0.5) is 5.69 Å². The Morgan fingerprint density at radius 2 is 1.55 bits per heavy atom. The van der Waals surface area contributed by atoms with Gasteiger partial charge in [0.2, 0.25) is 11.8 Å². The van der Waals surface area contributed by atoms with Gasteiger partial charge in [0.15, 0.2) is 12.4 Å². The highest BCUT2D eigenvalue weighted by atomic mass is 16.5. The molecule has 210 valence electrons. The van der Waals surface area contributed by atoms with Gasteiger partial charge in [-0.05, 0) is 79.6 Å². The molecule has 0 N–H and O–H groups in total. The smallest absolute Gasteiger partial charge is 0.339 e. The van der Waals surface area contributed by atoms with Crippen molar-refractivity contribution in [1.82, 2.24) is 4.98 Å². The van der Waals surface area contributed by atoms with Gasteiger partial charge in [0, 0.05) is 16.5 Å². The van der Waals surface area contributed by atoms with Crippen LogP contribution in [0.15, 0.2) is 78.9 Å². The van der Waals surface area contributed by atoms with Crippen LogP contribution in [0.2, 0.25) is 0 Å². The Kier molecular flexibility index (Phi) is 6.34. The standard InChI is InChI=1S/C34H28N2O6/c1-41-24-14-10-20(11-15-24)29(37)18-42-34(40)26-17-28(35-27-5-3-2-4-25(26)27)19-8-12-23(13-9-19)36-32(38)30-21-6-7-22(16-21)31(30)33(36)39/h2-5,8-15,17,21-22,30-31H,6-7,16,18H2,1H3/t21-,22-,30-,31-/m0/s1. The Hall–Kier alpha value is -4.85. The maximum Gasteiger partial charge on any atom is 0.339 e. The van der Waals surface area contributed by atoms with Crippen molar-refractivity contribution < 1.29 is 28.7 Å². The third kappa shape index (κ3) is 4.26. The molecule has 8 nitrogen and oxygen atoms in total. The van der Waals surface area contributed by atoms with Crippen molar-refractivity contribution in [3.8, 4) is 17.0 Å². The average Bonchev–Trinajstić information content (AvgIpc) is 3.72. The molecule has 1 saturated heterocycles. The van der Waals surface area contributed by atoms with Crippen LogP contribution in [-0.4, -0.2) is 42.3 Å². The predicted molar refractivity (Wildman–Crippen MR) is 155 cm³/mol. The summed E-state index contributed by atoms with van der Waals surface area (Å²) in [6.45, 7) is -0.409. The van der Waals surface area contributed by atoms with Gasteiger partial charge in [0.25, 0.3) is 0 Å². The number of ketones is 1. The number of fused-ring (bicyclic) bond motifs is 6. The lowest BCUT2D eigenvalue weighted by Gasteiger charge is -2.19. The number of esters is 1. The highest BCUT2D eigenvalue weighted by molar-refractivity contribution is 6.22. The van der Waals surface area contributed by atoms with Gasteiger partial charge in [-0.1, -0.05) is 30.3 Å². The van der Waals surface area contributed by atoms with Crippen molar-refractivity contribution in [2.24, 2.45) is 23.7 Å². The molecule has 42 heavy (non-hydrogen) atoms. The minimum Gasteiger partial charge on any atom is -0.497 e. The molecule has 2 heterocycles. The van der Waals surface area contributed by atoms with Crippen LogP contribution in [0.1, 0.15) is 40.0 Å². The monoisotopic (exact) mass is 560 g/mol. The zero-order valence-corrected chi connectivity index (χ0v) is 23.0. The second-order valence-corrected chi connectivity index (χ2v) is 11.2. The van der Waals surface area contributed by atoms with Crippen LogP contribution in [0, 0.1) is 23.7 Å². The molecule has 3 fully saturated rings. The van der Waals surface area contributed by atoms with Crippen molar-refractivity contribution in [3.05, 3.63) is 90.0 Å². The van der Waals surface area contributed by atoms with E-state index in [0.29, 0.717) is 51.0 Å². The number of anilines is 1. The van der Waals surface area contributed by atoms with E-state index in [1.807, 2.05) is 12.1 Å². The Bertz CT molecular complexity index is 1720. The Morgan fingerprint density at radius 1 is 0.881 bits per heavy atom. The molecule has 4 atom stereocenters. The van der Waals surface area contributed by atoms with Gasteiger partial charge in [0.05, 0.1) is 41.4 Å². The number of amides is 2. The third-order valence-corrected chi connectivity index (χ3v) is 9.03. The Labute approximate surface area is 242 Å². The molecule has 1 aliphatic heterocycles. The molecule has 2 aliphatic carbocycles. The molecule has 3 aliphatic rings. The minimum atomic E-state index is -0.636. The molecule has 0 radical (unpaired) electrons. The number of nitrogens with zero attached hydrogens (tertiary/aromatic N) is 2. The highest BCUT2D eigenvalue weighted by Gasteiger charge is 2.61. The van der Waals surface area contributed by atoms with E-state index in [4.69, 9.17) is 14.5 Å². The first-order chi connectivity index (χ1) is 20.4. The van der Waals surface area contributed by atoms with E-state index >= 15 is 0 Å². The molecule has 0 unspecified atom stereocenters. The average molecular weight is 561 g/mol. The fraction of sp³-hybridized carbons (Fsp3) is 0.265. The van der Waals surface area contributed by atoms with E-state index in [9.17, 15) is 19.2 Å². The number of para-hydroxylation sites is 1. The van der Waals surface area contributed by atoms with E-state index < -0.39 is 12.6 Å². The van der Waals surface area contributed by atoms with Crippen LogP contribution in [0.5, 0.6) is 5.75 Å². The van der Waals surface area contributed by atoms with Gasteiger partial charge < -0.3 is 9.47 Å². The van der Waals surface area contributed by atoms with Gasteiger partial charge in [-0.2, -0.15) is 0 Å². The van der Waals surface area contributed by atoms with Crippen LogP contribution in [0.3, 0.4) is 0 Å². The topological polar surface area (TPSA) is 103 Å². The van der Waals surface area contributed by atoms with E-state index in [1.54, 1.807) is 73.8 Å². The van der Waals surface area contributed by atoms with Crippen LogP contribution >= 0.6 is 0 Å². The SMILES string of the molecule is COc1ccc(C(=O)COC(=O)c2cc(-c3ccc(N4C(=O)[C@H]5[C@H]6CC[C@@H](C6)[C@@H]5C4=O)cc3)nc3ccccc23)cc1. The molecule has 4 aromatic rings. The Morgan fingerprint density at radius 3 is 2.21 bits per heavy atom. The zero-order chi connectivity index (χ0) is 29.0. The number of rotatable bonds is 7. The fourth-order valence-corrected chi connectivity index (χ4v) is 7.01. The summed E-state index contributed by atoms with van der Waals surface area (Å²) in [6.07, 6.45) is 3.06. The molecule has 7 rings (SSSR count). The number of hydrogen-bond acceptors (Lipinski definition) is 7. The first-order valence-corrected chi connectivity index (χ1v) is 14.2. The van der Waals surface area contributed by atoms with Crippen LogP contribution in [-0.2, 0) is 14.3 Å². The minimum absolute atomic E-state index is 0.0806. The predicted octanol–water partition coefficient (Wildman–Crippen LogP) is 5.49. The quantitative estimate of drug-likeness (QED) is 0.167. The maximum atomic E-state index is 13.2. The lowest BCUT2D eigenvalue weighted by Crippen LogP contribution is -2.32. The van der Waals surface area contributed by atoms with Gasteiger partial charge in [-0.15, -0.1) is 0 Å². The van der Waals surface area contributed by atoms with Gasteiger partial charge in [0.1, 0.15) is 5.75 Å². The maximum absolute atomic E-state index is 13.2. The van der Waals surface area contributed by atoms with Gasteiger partial charge >= 0.3 is 5.97 Å². The Balaban J connectivity index is 1.13. The third-order valence-electron chi connectivity index (χ3n) is 9.03. The lowest BCUT2D eigenvalue weighted by atomic mass is 9.81. The number of benzene rings is 3. The summed E-state index contributed by atoms with van der Waals surface area (Å²) >= 11 is 0. The highest BCUT2D eigenvalue weighted by Crippen LogP contribution is 2.56. The zero-order valence-electron chi connectivity index (χ0n) is 23.0. The first kappa shape index (κ1) is 26.1. The molecule has 8 heteroatoms. The number of pyridine rings is 1. The van der Waals surface area contributed by atoms with Crippen molar-refractivity contribution in [1.29, 1.82) is 0 Å². The van der Waals surface area contributed by atoms with Crippen LogP contribution in [0.25, 0.3) is 22.2 Å². The van der Waals surface area contributed by atoms with E-state index in [-0.39, 0.29) is 35.0 Å². The molecule has 1 aromatic heterocycles. The lowest BCUT2D eigenvalue weighted by molar-refractivity contribution is -0.123. The molecule has 2 saturated carbocycles. The fourth-order valence-electron chi connectivity index (χ4n) is 7.01. The van der Waals surface area contributed by atoms with E-state index in [0.717, 1.165) is 19.3 Å². The number of Topliss-reactive ketones (excluding diaryl/α,β-unsaturated/α-hetero) is 1. The molecular formula is C34H28N2O6.